The quantitative estimate of drug-likeness (QED) is 0.827. The van der Waals surface area contributed by atoms with Crippen LogP contribution in [-0.4, -0.2) is 12.3 Å². The summed E-state index contributed by atoms with van der Waals surface area (Å²) in [5.41, 5.74) is 0.420. The number of ether oxygens (including phenoxy) is 2. The third kappa shape index (κ3) is 3.09. The Morgan fingerprint density at radius 1 is 1.42 bits per heavy atom. The third-order valence-corrected chi connectivity index (χ3v) is 2.36. The molecule has 98 valence electrons. The number of methoxy groups -OCH3 is 1. The van der Waals surface area contributed by atoms with Crippen molar-refractivity contribution in [3.63, 3.8) is 0 Å². The van der Waals surface area contributed by atoms with Crippen LogP contribution in [-0.2, 0) is 18.0 Å². The minimum Gasteiger partial charge on any atom is -0.486 e. The molecule has 0 atom stereocenters. The van der Waals surface area contributed by atoms with E-state index < -0.39 is 5.82 Å². The van der Waals surface area contributed by atoms with Crippen molar-refractivity contribution in [3.8, 4) is 11.8 Å². The van der Waals surface area contributed by atoms with Crippen LogP contribution in [0.2, 0.25) is 0 Å². The van der Waals surface area contributed by atoms with E-state index in [0.29, 0.717) is 18.1 Å². The molecule has 2 aromatic rings. The molecule has 2 rings (SSSR count). The van der Waals surface area contributed by atoms with Gasteiger partial charge in [-0.3, -0.25) is 0 Å². The third-order valence-electron chi connectivity index (χ3n) is 2.36. The van der Waals surface area contributed by atoms with E-state index in [0.717, 1.165) is 0 Å². The smallest absolute Gasteiger partial charge is 0.162 e. The Labute approximate surface area is 109 Å². The summed E-state index contributed by atoms with van der Waals surface area (Å²) in [6.45, 7) is 0.405. The zero-order valence-corrected chi connectivity index (χ0v) is 10.2. The van der Waals surface area contributed by atoms with Gasteiger partial charge in [0.25, 0.3) is 0 Å². The Morgan fingerprint density at radius 2 is 2.26 bits per heavy atom. The molecule has 1 heterocycles. The highest BCUT2D eigenvalue weighted by atomic mass is 19.1. The van der Waals surface area contributed by atoms with Crippen molar-refractivity contribution >= 4 is 0 Å². The largest absolute Gasteiger partial charge is 0.486 e. The van der Waals surface area contributed by atoms with Gasteiger partial charge < -0.3 is 14.0 Å². The van der Waals surface area contributed by atoms with Gasteiger partial charge in [-0.1, -0.05) is 11.2 Å². The Morgan fingerprint density at radius 3 is 3.00 bits per heavy atom. The fourth-order valence-corrected chi connectivity index (χ4v) is 1.52. The number of rotatable bonds is 5. The van der Waals surface area contributed by atoms with Crippen molar-refractivity contribution in [1.82, 2.24) is 5.16 Å². The summed E-state index contributed by atoms with van der Waals surface area (Å²) in [6.07, 6.45) is 0. The van der Waals surface area contributed by atoms with Crippen LogP contribution in [0.3, 0.4) is 0 Å². The molecule has 6 heteroatoms. The predicted molar refractivity (Wildman–Crippen MR) is 62.7 cm³/mol. The summed E-state index contributed by atoms with van der Waals surface area (Å²) in [5.74, 6) is 0.139. The Hall–Kier alpha value is -2.39. The minimum atomic E-state index is -0.611. The lowest BCUT2D eigenvalue weighted by Crippen LogP contribution is -1.98. The number of hydrogen-bond donors (Lipinski definition) is 0. The molecule has 1 aromatic heterocycles. The summed E-state index contributed by atoms with van der Waals surface area (Å²) in [5, 5.41) is 12.6. The molecule has 0 fully saturated rings. The maximum Gasteiger partial charge on any atom is 0.162 e. The van der Waals surface area contributed by atoms with Gasteiger partial charge in [-0.2, -0.15) is 5.26 Å². The second-order valence-corrected chi connectivity index (χ2v) is 3.73. The van der Waals surface area contributed by atoms with Gasteiger partial charge in [-0.05, 0) is 12.1 Å². The molecule has 0 spiro atoms. The maximum absolute atomic E-state index is 13.3. The van der Waals surface area contributed by atoms with Crippen LogP contribution in [0.5, 0.6) is 5.75 Å². The zero-order chi connectivity index (χ0) is 13.7. The van der Waals surface area contributed by atoms with Gasteiger partial charge in [0.05, 0.1) is 0 Å². The molecule has 19 heavy (non-hydrogen) atoms. The van der Waals surface area contributed by atoms with Crippen LogP contribution < -0.4 is 4.74 Å². The summed E-state index contributed by atoms with van der Waals surface area (Å²) in [4.78, 5) is 0. The summed E-state index contributed by atoms with van der Waals surface area (Å²) >= 11 is 0. The molecule has 0 saturated carbocycles. The van der Waals surface area contributed by atoms with E-state index in [4.69, 9.17) is 19.3 Å². The lowest BCUT2D eigenvalue weighted by atomic mass is 10.2. The standard InChI is InChI=1S/C13H11FN2O3/c1-17-8-10-5-9(16-19-10)7-18-13-4-2-3-12(14)11(13)6-15/h2-5H,7-8H2,1H3. The first kappa shape index (κ1) is 13.1. The van der Waals surface area contributed by atoms with E-state index in [2.05, 4.69) is 5.16 Å². The lowest BCUT2D eigenvalue weighted by molar-refractivity contribution is 0.155. The lowest BCUT2D eigenvalue weighted by Gasteiger charge is -2.05. The van der Waals surface area contributed by atoms with Gasteiger partial charge in [-0.25, -0.2) is 4.39 Å². The van der Waals surface area contributed by atoms with Crippen molar-refractivity contribution in [1.29, 1.82) is 5.26 Å². The van der Waals surface area contributed by atoms with Crippen LogP contribution in [0, 0.1) is 17.1 Å². The number of benzene rings is 1. The highest BCUT2D eigenvalue weighted by molar-refractivity contribution is 5.43. The molecule has 1 aromatic carbocycles. The van der Waals surface area contributed by atoms with Crippen LogP contribution >= 0.6 is 0 Å². The van der Waals surface area contributed by atoms with Gasteiger partial charge in [0.1, 0.15) is 42.1 Å². The van der Waals surface area contributed by atoms with Crippen molar-refractivity contribution in [2.24, 2.45) is 0 Å². The average molecular weight is 262 g/mol. The fraction of sp³-hybridized carbons (Fsp3) is 0.231. The van der Waals surface area contributed by atoms with Crippen molar-refractivity contribution in [2.75, 3.05) is 7.11 Å². The number of halogens is 1. The Bertz CT molecular complexity index is 604. The Kier molecular flexibility index (Phi) is 4.11. The number of hydrogen-bond acceptors (Lipinski definition) is 5. The van der Waals surface area contributed by atoms with Crippen LogP contribution in [0.4, 0.5) is 4.39 Å². The zero-order valence-electron chi connectivity index (χ0n) is 10.2. The van der Waals surface area contributed by atoms with Crippen molar-refractivity contribution in [2.45, 2.75) is 13.2 Å². The van der Waals surface area contributed by atoms with E-state index in [1.165, 1.54) is 18.2 Å². The van der Waals surface area contributed by atoms with E-state index in [9.17, 15) is 4.39 Å². The first-order chi connectivity index (χ1) is 9.24. The number of nitrogens with zero attached hydrogens (tertiary/aromatic N) is 2. The van der Waals surface area contributed by atoms with Gasteiger partial charge in [0, 0.05) is 13.2 Å². The maximum atomic E-state index is 13.3. The van der Waals surface area contributed by atoms with Crippen LogP contribution in [0.25, 0.3) is 0 Å². The van der Waals surface area contributed by atoms with Gasteiger partial charge in [0.15, 0.2) is 5.76 Å². The molecule has 0 aliphatic rings. The van der Waals surface area contributed by atoms with E-state index in [1.54, 1.807) is 19.2 Å². The van der Waals surface area contributed by atoms with Crippen molar-refractivity contribution < 1.29 is 18.4 Å². The summed E-state index contributed by atoms with van der Waals surface area (Å²) < 4.78 is 28.6. The number of nitriles is 1. The SMILES string of the molecule is COCc1cc(COc2cccc(F)c2C#N)no1. The molecule has 0 saturated heterocycles. The first-order valence-electron chi connectivity index (χ1n) is 5.49. The molecule has 0 amide bonds. The molecular weight excluding hydrogens is 251 g/mol. The highest BCUT2D eigenvalue weighted by Gasteiger charge is 2.10. The van der Waals surface area contributed by atoms with Crippen molar-refractivity contribution in [3.05, 3.63) is 47.1 Å². The van der Waals surface area contributed by atoms with Gasteiger partial charge >= 0.3 is 0 Å². The molecule has 0 N–H and O–H groups in total. The highest BCUT2D eigenvalue weighted by Crippen LogP contribution is 2.21. The summed E-state index contributed by atoms with van der Waals surface area (Å²) in [7, 11) is 1.55. The van der Waals surface area contributed by atoms with E-state index in [-0.39, 0.29) is 17.9 Å². The second kappa shape index (κ2) is 5.98. The van der Waals surface area contributed by atoms with Crippen LogP contribution in [0.1, 0.15) is 17.0 Å². The molecule has 0 aliphatic carbocycles. The molecule has 0 radical (unpaired) electrons. The van der Waals surface area contributed by atoms with Crippen LogP contribution in [0.15, 0.2) is 28.8 Å². The normalized spacial score (nSPS) is 10.2. The summed E-state index contributed by atoms with van der Waals surface area (Å²) in [6, 6.07) is 7.65. The predicted octanol–water partition coefficient (Wildman–Crippen LogP) is 2.41. The Balaban J connectivity index is 2.06. The molecule has 0 bridgehead atoms. The molecule has 0 unspecified atom stereocenters. The van der Waals surface area contributed by atoms with Gasteiger partial charge in [0.2, 0.25) is 0 Å². The topological polar surface area (TPSA) is 68.3 Å². The van der Waals surface area contributed by atoms with E-state index in [1.807, 2.05) is 0 Å². The second-order valence-electron chi connectivity index (χ2n) is 3.73. The van der Waals surface area contributed by atoms with E-state index >= 15 is 0 Å². The average Bonchev–Trinajstić information content (AvgIpc) is 2.84. The molecule has 5 nitrogen and oxygen atoms in total. The monoisotopic (exact) mass is 262 g/mol. The number of aromatic nitrogens is 1. The minimum absolute atomic E-state index is 0.0886. The first-order valence-corrected chi connectivity index (χ1v) is 5.49. The fourth-order valence-electron chi connectivity index (χ4n) is 1.52. The molecular formula is C13H11FN2O3. The van der Waals surface area contributed by atoms with Gasteiger partial charge in [-0.15, -0.1) is 0 Å². The molecule has 0 aliphatic heterocycles.